The van der Waals surface area contributed by atoms with E-state index in [9.17, 15) is 4.79 Å². The molecule has 0 fully saturated rings. The third-order valence-electron chi connectivity index (χ3n) is 2.45. The molecule has 2 heterocycles. The van der Waals surface area contributed by atoms with Gasteiger partial charge in [0.1, 0.15) is 5.15 Å². The number of carbonyl (C=O) groups excluding carboxylic acids is 1. The third kappa shape index (κ3) is 3.72. The molecule has 98 valence electrons. The summed E-state index contributed by atoms with van der Waals surface area (Å²) in [5.74, 6) is -0.213. The van der Waals surface area contributed by atoms with Gasteiger partial charge in [0.2, 0.25) is 0 Å². The fourth-order valence-electron chi connectivity index (χ4n) is 1.54. The molecule has 0 atom stereocenters. The Morgan fingerprint density at radius 3 is 2.63 bits per heavy atom. The second-order valence-corrected chi connectivity index (χ2v) is 4.54. The highest BCUT2D eigenvalue weighted by atomic mass is 35.5. The van der Waals surface area contributed by atoms with Gasteiger partial charge in [-0.25, -0.2) is 4.98 Å². The van der Waals surface area contributed by atoms with Crippen LogP contribution in [0.25, 0.3) is 0 Å². The van der Waals surface area contributed by atoms with E-state index in [0.29, 0.717) is 28.6 Å². The summed E-state index contributed by atoms with van der Waals surface area (Å²) in [6.45, 7) is 3.97. The van der Waals surface area contributed by atoms with Gasteiger partial charge >= 0.3 is 0 Å². The molecule has 0 aliphatic carbocycles. The van der Waals surface area contributed by atoms with E-state index < -0.39 is 0 Å². The fourth-order valence-corrected chi connectivity index (χ4v) is 1.79. The van der Waals surface area contributed by atoms with Crippen LogP contribution in [0.5, 0.6) is 0 Å². The standard InChI is InChI=1S/C13H13ClN4O/c1-8-3-10(4-12(14)18-8)13(19)17-7-11-6-15-9(2)5-16-11/h3-6H,7H2,1-2H3,(H,17,19). The summed E-state index contributed by atoms with van der Waals surface area (Å²) in [5, 5.41) is 3.07. The van der Waals surface area contributed by atoms with E-state index in [0.717, 1.165) is 5.69 Å². The maximum Gasteiger partial charge on any atom is 0.251 e. The van der Waals surface area contributed by atoms with Crippen molar-refractivity contribution < 1.29 is 4.79 Å². The summed E-state index contributed by atoms with van der Waals surface area (Å²) < 4.78 is 0. The predicted octanol–water partition coefficient (Wildman–Crippen LogP) is 2.07. The molecule has 0 bridgehead atoms. The lowest BCUT2D eigenvalue weighted by molar-refractivity contribution is 0.0950. The van der Waals surface area contributed by atoms with Crippen molar-refractivity contribution in [2.45, 2.75) is 20.4 Å². The van der Waals surface area contributed by atoms with Gasteiger partial charge in [0.15, 0.2) is 0 Å². The smallest absolute Gasteiger partial charge is 0.251 e. The van der Waals surface area contributed by atoms with Gasteiger partial charge in [0.05, 0.1) is 24.1 Å². The highest BCUT2D eigenvalue weighted by Gasteiger charge is 2.08. The molecular weight excluding hydrogens is 264 g/mol. The van der Waals surface area contributed by atoms with Gasteiger partial charge in [0.25, 0.3) is 5.91 Å². The lowest BCUT2D eigenvalue weighted by Crippen LogP contribution is -2.23. The molecule has 0 saturated carbocycles. The number of aryl methyl sites for hydroxylation is 2. The molecule has 0 spiro atoms. The Kier molecular flexibility index (Phi) is 4.06. The topological polar surface area (TPSA) is 67.8 Å². The molecule has 1 amide bonds. The van der Waals surface area contributed by atoms with E-state index >= 15 is 0 Å². The van der Waals surface area contributed by atoms with Crippen LogP contribution in [0, 0.1) is 13.8 Å². The molecule has 0 aromatic carbocycles. The highest BCUT2D eigenvalue weighted by Crippen LogP contribution is 2.10. The van der Waals surface area contributed by atoms with Crippen molar-refractivity contribution in [1.82, 2.24) is 20.3 Å². The Labute approximate surface area is 116 Å². The van der Waals surface area contributed by atoms with Gasteiger partial charge in [-0.1, -0.05) is 11.6 Å². The van der Waals surface area contributed by atoms with Gasteiger partial charge in [-0.2, -0.15) is 0 Å². The van der Waals surface area contributed by atoms with Crippen LogP contribution < -0.4 is 5.32 Å². The number of pyridine rings is 1. The van der Waals surface area contributed by atoms with Crippen molar-refractivity contribution >= 4 is 17.5 Å². The van der Waals surface area contributed by atoms with Gasteiger partial charge < -0.3 is 5.32 Å². The summed E-state index contributed by atoms with van der Waals surface area (Å²) in [6.07, 6.45) is 3.30. The quantitative estimate of drug-likeness (QED) is 0.872. The second kappa shape index (κ2) is 5.75. The molecule has 6 heteroatoms. The predicted molar refractivity (Wildman–Crippen MR) is 71.9 cm³/mol. The van der Waals surface area contributed by atoms with Crippen LogP contribution in [0.15, 0.2) is 24.5 Å². The maximum atomic E-state index is 11.9. The zero-order valence-corrected chi connectivity index (χ0v) is 11.4. The number of amides is 1. The number of nitrogens with one attached hydrogen (secondary N) is 1. The molecule has 5 nitrogen and oxygen atoms in total. The highest BCUT2D eigenvalue weighted by molar-refractivity contribution is 6.29. The molecule has 2 rings (SSSR count). The molecular formula is C13H13ClN4O. The van der Waals surface area contributed by atoms with E-state index in [1.807, 2.05) is 6.92 Å². The molecule has 0 saturated heterocycles. The first-order valence-corrected chi connectivity index (χ1v) is 6.12. The van der Waals surface area contributed by atoms with Crippen molar-refractivity contribution in [1.29, 1.82) is 0 Å². The Morgan fingerprint density at radius 2 is 2.00 bits per heavy atom. The molecule has 2 aromatic rings. The number of aromatic nitrogens is 3. The van der Waals surface area contributed by atoms with Gasteiger partial charge in [0, 0.05) is 17.5 Å². The number of nitrogens with zero attached hydrogens (tertiary/aromatic N) is 3. The Hall–Kier alpha value is -2.01. The van der Waals surface area contributed by atoms with Gasteiger partial charge in [-0.15, -0.1) is 0 Å². The maximum absolute atomic E-state index is 11.9. The molecule has 2 aromatic heterocycles. The van der Waals surface area contributed by atoms with E-state index in [2.05, 4.69) is 20.3 Å². The molecule has 0 aliphatic heterocycles. The number of rotatable bonds is 3. The monoisotopic (exact) mass is 276 g/mol. The van der Waals surface area contributed by atoms with Crippen molar-refractivity contribution in [2.75, 3.05) is 0 Å². The largest absolute Gasteiger partial charge is 0.346 e. The van der Waals surface area contributed by atoms with Crippen LogP contribution >= 0.6 is 11.6 Å². The SMILES string of the molecule is Cc1cnc(CNC(=O)c2cc(C)nc(Cl)c2)cn1. The normalized spacial score (nSPS) is 10.3. The average Bonchev–Trinajstić information content (AvgIpc) is 2.36. The lowest BCUT2D eigenvalue weighted by Gasteiger charge is -2.06. The molecule has 0 radical (unpaired) electrons. The second-order valence-electron chi connectivity index (χ2n) is 4.15. The number of hydrogen-bond acceptors (Lipinski definition) is 4. The van der Waals surface area contributed by atoms with Crippen LogP contribution in [0.4, 0.5) is 0 Å². The van der Waals surface area contributed by atoms with Gasteiger partial charge in [-0.05, 0) is 26.0 Å². The van der Waals surface area contributed by atoms with Crippen molar-refractivity contribution in [3.05, 3.63) is 52.3 Å². The molecule has 1 N–H and O–H groups in total. The lowest BCUT2D eigenvalue weighted by atomic mass is 10.2. The Bertz CT molecular complexity index is 578. The van der Waals surface area contributed by atoms with Crippen LogP contribution in [0.1, 0.15) is 27.4 Å². The van der Waals surface area contributed by atoms with Crippen molar-refractivity contribution in [3.63, 3.8) is 0 Å². The van der Waals surface area contributed by atoms with Crippen LogP contribution in [0.2, 0.25) is 5.15 Å². The minimum Gasteiger partial charge on any atom is -0.346 e. The molecule has 0 unspecified atom stereocenters. The number of hydrogen-bond donors (Lipinski definition) is 1. The van der Waals surface area contributed by atoms with E-state index in [4.69, 9.17) is 11.6 Å². The number of halogens is 1. The zero-order valence-electron chi connectivity index (χ0n) is 10.6. The van der Waals surface area contributed by atoms with E-state index in [1.165, 1.54) is 6.07 Å². The zero-order chi connectivity index (χ0) is 13.8. The summed E-state index contributed by atoms with van der Waals surface area (Å²) in [7, 11) is 0. The van der Waals surface area contributed by atoms with Crippen molar-refractivity contribution in [3.8, 4) is 0 Å². The Balaban J connectivity index is 2.03. The molecule has 19 heavy (non-hydrogen) atoms. The average molecular weight is 277 g/mol. The summed E-state index contributed by atoms with van der Waals surface area (Å²) in [6, 6.07) is 3.22. The van der Waals surface area contributed by atoms with Crippen LogP contribution in [0.3, 0.4) is 0 Å². The number of carbonyl (C=O) groups is 1. The van der Waals surface area contributed by atoms with Crippen LogP contribution in [-0.2, 0) is 6.54 Å². The first-order chi connectivity index (χ1) is 9.04. The van der Waals surface area contributed by atoms with Crippen LogP contribution in [-0.4, -0.2) is 20.9 Å². The van der Waals surface area contributed by atoms with Crippen molar-refractivity contribution in [2.24, 2.45) is 0 Å². The Morgan fingerprint density at radius 1 is 1.21 bits per heavy atom. The summed E-state index contributed by atoms with van der Waals surface area (Å²) >= 11 is 5.82. The minimum absolute atomic E-state index is 0.213. The third-order valence-corrected chi connectivity index (χ3v) is 2.64. The first-order valence-electron chi connectivity index (χ1n) is 5.74. The van der Waals surface area contributed by atoms with Gasteiger partial charge in [-0.3, -0.25) is 14.8 Å². The minimum atomic E-state index is -0.213. The van der Waals surface area contributed by atoms with E-state index in [-0.39, 0.29) is 5.91 Å². The fraction of sp³-hybridized carbons (Fsp3) is 0.231. The molecule has 0 aliphatic rings. The van der Waals surface area contributed by atoms with E-state index in [1.54, 1.807) is 25.4 Å². The first kappa shape index (κ1) is 13.4. The summed E-state index contributed by atoms with van der Waals surface area (Å²) in [5.41, 5.74) is 2.73. The summed E-state index contributed by atoms with van der Waals surface area (Å²) in [4.78, 5) is 24.2.